The van der Waals surface area contributed by atoms with E-state index in [-0.39, 0.29) is 12.6 Å². The number of aliphatic hydroxyl groups is 1. The molecule has 0 saturated carbocycles. The summed E-state index contributed by atoms with van der Waals surface area (Å²) in [6, 6.07) is 2.93. The van der Waals surface area contributed by atoms with Crippen LogP contribution in [0.1, 0.15) is 25.5 Å². The lowest BCUT2D eigenvalue weighted by Crippen LogP contribution is -2.43. The largest absolute Gasteiger partial charge is 0.496 e. The summed E-state index contributed by atoms with van der Waals surface area (Å²) < 4.78 is 18.4. The van der Waals surface area contributed by atoms with E-state index in [1.807, 2.05) is 0 Å². The summed E-state index contributed by atoms with van der Waals surface area (Å²) in [5.41, 5.74) is 0.550. The van der Waals surface area contributed by atoms with Crippen molar-refractivity contribution in [3.63, 3.8) is 0 Å². The number of hydrogen-bond donors (Lipinski definition) is 3. The van der Waals surface area contributed by atoms with Gasteiger partial charge in [-0.1, -0.05) is 0 Å². The quantitative estimate of drug-likeness (QED) is 0.760. The van der Waals surface area contributed by atoms with Crippen molar-refractivity contribution < 1.29 is 19.0 Å². The second-order valence-electron chi connectivity index (χ2n) is 4.31. The van der Waals surface area contributed by atoms with Crippen LogP contribution in [0, 0.1) is 5.82 Å². The molecule has 0 fully saturated rings. The molecular formula is C13H19FN2O3. The molecule has 0 aromatic heterocycles. The van der Waals surface area contributed by atoms with E-state index in [0.717, 1.165) is 0 Å². The smallest absolute Gasteiger partial charge is 0.315 e. The summed E-state index contributed by atoms with van der Waals surface area (Å²) in [4.78, 5) is 11.6. The lowest BCUT2D eigenvalue weighted by molar-refractivity contribution is 0.218. The molecule has 2 atom stereocenters. The molecule has 0 aliphatic heterocycles. The molecule has 2 amide bonds. The van der Waals surface area contributed by atoms with Crippen LogP contribution in [-0.4, -0.2) is 30.9 Å². The Balaban J connectivity index is 2.74. The van der Waals surface area contributed by atoms with Crippen molar-refractivity contribution in [2.75, 3.05) is 13.7 Å². The molecule has 0 radical (unpaired) electrons. The van der Waals surface area contributed by atoms with Crippen LogP contribution in [0.15, 0.2) is 18.2 Å². The highest BCUT2D eigenvalue weighted by Crippen LogP contribution is 2.25. The number of benzene rings is 1. The molecule has 0 bridgehead atoms. The number of halogens is 1. The van der Waals surface area contributed by atoms with Gasteiger partial charge in [-0.3, -0.25) is 0 Å². The molecule has 6 heteroatoms. The number of methoxy groups -OCH3 is 1. The standard InChI is InChI=1S/C13H19FN2O3/c1-8(7-17)15-13(18)16-9(2)11-6-10(14)4-5-12(11)19-3/h4-6,8-9,17H,7H2,1-3H3,(H2,15,16,18)/t8-,9?/m0/s1. The molecule has 1 rings (SSSR count). The Hall–Kier alpha value is -1.82. The van der Waals surface area contributed by atoms with E-state index in [1.54, 1.807) is 13.8 Å². The molecule has 0 saturated heterocycles. The molecule has 0 heterocycles. The topological polar surface area (TPSA) is 70.6 Å². The number of urea groups is 1. The van der Waals surface area contributed by atoms with Gasteiger partial charge in [-0.05, 0) is 32.0 Å². The van der Waals surface area contributed by atoms with Gasteiger partial charge in [0.2, 0.25) is 0 Å². The Morgan fingerprint density at radius 1 is 1.42 bits per heavy atom. The summed E-state index contributed by atoms with van der Waals surface area (Å²) in [7, 11) is 1.48. The average Bonchev–Trinajstić information content (AvgIpc) is 2.38. The summed E-state index contributed by atoms with van der Waals surface area (Å²) in [5, 5.41) is 14.0. The van der Waals surface area contributed by atoms with Gasteiger partial charge in [0, 0.05) is 5.56 Å². The highest BCUT2D eigenvalue weighted by atomic mass is 19.1. The zero-order valence-electron chi connectivity index (χ0n) is 11.2. The molecular weight excluding hydrogens is 251 g/mol. The maximum atomic E-state index is 13.2. The Bertz CT molecular complexity index is 440. The van der Waals surface area contributed by atoms with Crippen LogP contribution in [0.3, 0.4) is 0 Å². The van der Waals surface area contributed by atoms with Crippen molar-refractivity contribution in [1.82, 2.24) is 10.6 Å². The van der Waals surface area contributed by atoms with Crippen LogP contribution in [0.5, 0.6) is 5.75 Å². The second kappa shape index (κ2) is 6.94. The van der Waals surface area contributed by atoms with Crippen molar-refractivity contribution in [3.05, 3.63) is 29.6 Å². The van der Waals surface area contributed by atoms with Gasteiger partial charge in [-0.15, -0.1) is 0 Å². The fourth-order valence-electron chi connectivity index (χ4n) is 1.63. The summed E-state index contributed by atoms with van der Waals surface area (Å²) in [6.45, 7) is 3.25. The number of amides is 2. The third-order valence-corrected chi connectivity index (χ3v) is 2.66. The lowest BCUT2D eigenvalue weighted by Gasteiger charge is -2.19. The highest BCUT2D eigenvalue weighted by Gasteiger charge is 2.15. The molecule has 1 aromatic carbocycles. The number of carbonyl (C=O) groups is 1. The van der Waals surface area contributed by atoms with Crippen LogP contribution in [0.4, 0.5) is 9.18 Å². The van der Waals surface area contributed by atoms with Crippen molar-refractivity contribution in [2.24, 2.45) is 0 Å². The minimum absolute atomic E-state index is 0.148. The Labute approximate surface area is 111 Å². The van der Waals surface area contributed by atoms with Crippen molar-refractivity contribution >= 4 is 6.03 Å². The minimum atomic E-state index is -0.430. The second-order valence-corrected chi connectivity index (χ2v) is 4.31. The summed E-state index contributed by atoms with van der Waals surface area (Å²) in [5.74, 6) is 0.109. The monoisotopic (exact) mass is 270 g/mol. The van der Waals surface area contributed by atoms with Gasteiger partial charge < -0.3 is 20.5 Å². The van der Waals surface area contributed by atoms with Gasteiger partial charge in [-0.2, -0.15) is 0 Å². The first-order chi connectivity index (χ1) is 8.97. The third kappa shape index (κ3) is 4.40. The molecule has 0 aliphatic carbocycles. The molecule has 0 spiro atoms. The molecule has 1 unspecified atom stereocenters. The van der Waals surface area contributed by atoms with Gasteiger partial charge >= 0.3 is 6.03 Å². The van der Waals surface area contributed by atoms with E-state index in [9.17, 15) is 9.18 Å². The zero-order chi connectivity index (χ0) is 14.4. The van der Waals surface area contributed by atoms with Gasteiger partial charge in [0.05, 0.1) is 25.8 Å². The van der Waals surface area contributed by atoms with Gasteiger partial charge in [-0.25, -0.2) is 9.18 Å². The third-order valence-electron chi connectivity index (χ3n) is 2.66. The molecule has 106 valence electrons. The van der Waals surface area contributed by atoms with E-state index in [1.165, 1.54) is 25.3 Å². The molecule has 0 aliphatic rings. The maximum Gasteiger partial charge on any atom is 0.315 e. The number of carbonyl (C=O) groups excluding carboxylic acids is 1. The van der Waals surface area contributed by atoms with Gasteiger partial charge in [0.25, 0.3) is 0 Å². The fraction of sp³-hybridized carbons (Fsp3) is 0.462. The van der Waals surface area contributed by atoms with E-state index >= 15 is 0 Å². The number of nitrogens with one attached hydrogen (secondary N) is 2. The van der Waals surface area contributed by atoms with Crippen LogP contribution in [-0.2, 0) is 0 Å². The maximum absolute atomic E-state index is 13.2. The molecule has 19 heavy (non-hydrogen) atoms. The predicted octanol–water partition coefficient (Wildman–Crippen LogP) is 1.58. The Morgan fingerprint density at radius 3 is 2.68 bits per heavy atom. The van der Waals surface area contributed by atoms with Crippen molar-refractivity contribution in [2.45, 2.75) is 25.9 Å². The van der Waals surface area contributed by atoms with Crippen molar-refractivity contribution in [1.29, 1.82) is 0 Å². The number of hydrogen-bond acceptors (Lipinski definition) is 3. The fourth-order valence-corrected chi connectivity index (χ4v) is 1.63. The molecule has 1 aromatic rings. The Kier molecular flexibility index (Phi) is 5.57. The van der Waals surface area contributed by atoms with Crippen LogP contribution in [0.2, 0.25) is 0 Å². The number of aliphatic hydroxyl groups excluding tert-OH is 1. The lowest BCUT2D eigenvalue weighted by atomic mass is 10.1. The van der Waals surface area contributed by atoms with E-state index in [4.69, 9.17) is 9.84 Å². The number of rotatable bonds is 5. The molecule has 5 nitrogen and oxygen atoms in total. The van der Waals surface area contributed by atoms with Crippen LogP contribution < -0.4 is 15.4 Å². The molecule has 3 N–H and O–H groups in total. The predicted molar refractivity (Wildman–Crippen MR) is 69.6 cm³/mol. The van der Waals surface area contributed by atoms with Gasteiger partial charge in [0.1, 0.15) is 11.6 Å². The van der Waals surface area contributed by atoms with Crippen LogP contribution >= 0.6 is 0 Å². The Morgan fingerprint density at radius 2 is 2.11 bits per heavy atom. The van der Waals surface area contributed by atoms with Crippen molar-refractivity contribution in [3.8, 4) is 5.75 Å². The first-order valence-electron chi connectivity index (χ1n) is 5.99. The first kappa shape index (κ1) is 15.2. The summed E-state index contributed by atoms with van der Waals surface area (Å²) >= 11 is 0. The average molecular weight is 270 g/mol. The van der Waals surface area contributed by atoms with E-state index in [0.29, 0.717) is 11.3 Å². The zero-order valence-corrected chi connectivity index (χ0v) is 11.2. The number of ether oxygens (including phenoxy) is 1. The highest BCUT2D eigenvalue weighted by molar-refractivity contribution is 5.74. The normalized spacial score (nSPS) is 13.5. The van der Waals surface area contributed by atoms with Gasteiger partial charge in [0.15, 0.2) is 0 Å². The van der Waals surface area contributed by atoms with E-state index in [2.05, 4.69) is 10.6 Å². The summed E-state index contributed by atoms with van der Waals surface area (Å²) in [6.07, 6.45) is 0. The first-order valence-corrected chi connectivity index (χ1v) is 5.99. The minimum Gasteiger partial charge on any atom is -0.496 e. The SMILES string of the molecule is COc1ccc(F)cc1C(C)NC(=O)N[C@@H](C)CO. The van der Waals surface area contributed by atoms with E-state index < -0.39 is 17.9 Å². The van der Waals surface area contributed by atoms with Crippen LogP contribution in [0.25, 0.3) is 0 Å².